The highest BCUT2D eigenvalue weighted by atomic mass is 127. The van der Waals surface area contributed by atoms with Gasteiger partial charge in [0.1, 0.15) is 9.39 Å². The molecular weight excluding hydrogens is 307 g/mol. The number of aromatic nitrogens is 2. The van der Waals surface area contributed by atoms with Gasteiger partial charge in [-0.05, 0) is 43.6 Å². The molecule has 5 nitrogen and oxygen atoms in total. The van der Waals surface area contributed by atoms with Crippen LogP contribution in [0.2, 0.25) is 0 Å². The van der Waals surface area contributed by atoms with Crippen LogP contribution in [-0.4, -0.2) is 41.5 Å². The number of likely N-dealkylation sites (N-methyl/N-ethyl adjacent to an activating group) is 1. The van der Waals surface area contributed by atoms with Crippen LogP contribution in [0.4, 0.5) is 5.82 Å². The first kappa shape index (κ1) is 12.4. The molecule has 15 heavy (non-hydrogen) atoms. The second-order valence-electron chi connectivity index (χ2n) is 3.70. The van der Waals surface area contributed by atoms with Crippen molar-refractivity contribution >= 4 is 28.4 Å². The van der Waals surface area contributed by atoms with E-state index in [-0.39, 0.29) is 11.6 Å². The molecule has 84 valence electrons. The smallest absolute Gasteiger partial charge is 0.266 e. The lowest BCUT2D eigenvalue weighted by atomic mass is 10.3. The number of hydrogen-bond donors (Lipinski definition) is 2. The van der Waals surface area contributed by atoms with Gasteiger partial charge in [-0.25, -0.2) is 4.98 Å². The summed E-state index contributed by atoms with van der Waals surface area (Å²) in [7, 11) is 4.02. The Hall–Kier alpha value is -0.630. The van der Waals surface area contributed by atoms with E-state index >= 15 is 0 Å². The molecule has 0 bridgehead atoms. The average Bonchev–Trinajstić information content (AvgIpc) is 2.11. The lowest BCUT2D eigenvalue weighted by Crippen LogP contribution is -2.31. The molecule has 6 heteroatoms. The third-order valence-corrected chi connectivity index (χ3v) is 2.82. The normalized spacial score (nSPS) is 12.9. The van der Waals surface area contributed by atoms with Gasteiger partial charge in [-0.2, -0.15) is 0 Å². The summed E-state index contributed by atoms with van der Waals surface area (Å²) in [5, 5.41) is 3.20. The van der Waals surface area contributed by atoms with Crippen LogP contribution >= 0.6 is 22.6 Å². The molecule has 1 aromatic rings. The highest BCUT2D eigenvalue weighted by Gasteiger charge is 2.08. The molecule has 0 aromatic carbocycles. The van der Waals surface area contributed by atoms with E-state index in [1.807, 2.05) is 36.7 Å². The Labute approximate surface area is 102 Å². The standard InChI is InChI=1S/C9H15IN4O/c1-6(4-14(2)3)13-8-7(10)9(15)12-5-11-8/h5-6H,4H2,1-3H3,(H2,11,12,13,15). The second-order valence-corrected chi connectivity index (χ2v) is 4.78. The Morgan fingerprint density at radius 1 is 1.67 bits per heavy atom. The van der Waals surface area contributed by atoms with Gasteiger partial charge in [-0.1, -0.05) is 0 Å². The molecule has 2 N–H and O–H groups in total. The molecule has 0 fully saturated rings. The first-order chi connectivity index (χ1) is 7.00. The maximum absolute atomic E-state index is 11.3. The lowest BCUT2D eigenvalue weighted by Gasteiger charge is -2.18. The van der Waals surface area contributed by atoms with Crippen molar-refractivity contribution in [1.29, 1.82) is 0 Å². The van der Waals surface area contributed by atoms with E-state index in [2.05, 4.69) is 27.1 Å². The van der Waals surface area contributed by atoms with Crippen LogP contribution in [0, 0.1) is 3.57 Å². The Kier molecular flexibility index (Phi) is 4.52. The maximum Gasteiger partial charge on any atom is 0.266 e. The SMILES string of the molecule is CC(CN(C)C)Nc1nc[nH]c(=O)c1I. The first-order valence-electron chi connectivity index (χ1n) is 4.65. The van der Waals surface area contributed by atoms with Crippen LogP contribution in [0.15, 0.2) is 11.1 Å². The first-order valence-corrected chi connectivity index (χ1v) is 5.73. The van der Waals surface area contributed by atoms with Gasteiger partial charge < -0.3 is 15.2 Å². The quantitative estimate of drug-likeness (QED) is 0.803. The topological polar surface area (TPSA) is 61.0 Å². The van der Waals surface area contributed by atoms with E-state index in [9.17, 15) is 4.79 Å². The number of H-pyrrole nitrogens is 1. The molecule has 1 unspecified atom stereocenters. The number of rotatable bonds is 4. The molecule has 0 saturated heterocycles. The summed E-state index contributed by atoms with van der Waals surface area (Å²) in [6.45, 7) is 2.95. The fraction of sp³-hybridized carbons (Fsp3) is 0.556. The Morgan fingerprint density at radius 3 is 2.93 bits per heavy atom. The van der Waals surface area contributed by atoms with Crippen LogP contribution < -0.4 is 10.9 Å². The zero-order chi connectivity index (χ0) is 11.4. The minimum absolute atomic E-state index is 0.106. The zero-order valence-electron chi connectivity index (χ0n) is 9.04. The highest BCUT2D eigenvalue weighted by molar-refractivity contribution is 14.1. The van der Waals surface area contributed by atoms with Crippen molar-refractivity contribution in [2.45, 2.75) is 13.0 Å². The molecule has 0 saturated carbocycles. The third-order valence-electron chi connectivity index (χ3n) is 1.82. The second kappa shape index (κ2) is 5.45. The minimum atomic E-state index is -0.106. The van der Waals surface area contributed by atoms with Crippen LogP contribution in [-0.2, 0) is 0 Å². The van der Waals surface area contributed by atoms with E-state index in [4.69, 9.17) is 0 Å². The molecule has 1 aromatic heterocycles. The molecule has 0 aliphatic heterocycles. The van der Waals surface area contributed by atoms with Gasteiger partial charge in [0.05, 0.1) is 6.33 Å². The number of anilines is 1. The number of hydrogen-bond acceptors (Lipinski definition) is 4. The van der Waals surface area contributed by atoms with Gasteiger partial charge in [0.15, 0.2) is 0 Å². The Balaban J connectivity index is 2.72. The number of nitrogens with zero attached hydrogens (tertiary/aromatic N) is 2. The predicted molar refractivity (Wildman–Crippen MR) is 69.2 cm³/mol. The van der Waals surface area contributed by atoms with Gasteiger partial charge >= 0.3 is 0 Å². The number of nitrogens with one attached hydrogen (secondary N) is 2. The van der Waals surface area contributed by atoms with Crippen LogP contribution in [0.1, 0.15) is 6.92 Å². The van der Waals surface area contributed by atoms with Crippen molar-refractivity contribution in [1.82, 2.24) is 14.9 Å². The molecule has 0 aliphatic carbocycles. The molecule has 0 amide bonds. The summed E-state index contributed by atoms with van der Waals surface area (Å²) in [6, 6.07) is 0.253. The summed E-state index contributed by atoms with van der Waals surface area (Å²) in [5.41, 5.74) is -0.106. The van der Waals surface area contributed by atoms with E-state index in [1.54, 1.807) is 0 Å². The summed E-state index contributed by atoms with van der Waals surface area (Å²) in [4.78, 5) is 20.0. The lowest BCUT2D eigenvalue weighted by molar-refractivity contribution is 0.392. The molecule has 0 radical (unpaired) electrons. The Morgan fingerprint density at radius 2 is 2.33 bits per heavy atom. The summed E-state index contributed by atoms with van der Waals surface area (Å²) in [6.07, 6.45) is 1.41. The summed E-state index contributed by atoms with van der Waals surface area (Å²) in [5.74, 6) is 0.647. The molecule has 1 atom stereocenters. The van der Waals surface area contributed by atoms with Crippen LogP contribution in [0.25, 0.3) is 0 Å². The monoisotopic (exact) mass is 322 g/mol. The average molecular weight is 322 g/mol. The fourth-order valence-electron chi connectivity index (χ4n) is 1.31. The van der Waals surface area contributed by atoms with Crippen molar-refractivity contribution in [3.05, 3.63) is 20.3 Å². The van der Waals surface area contributed by atoms with Gasteiger partial charge in [-0.15, -0.1) is 0 Å². The maximum atomic E-state index is 11.3. The van der Waals surface area contributed by atoms with E-state index in [0.29, 0.717) is 9.39 Å². The van der Waals surface area contributed by atoms with Gasteiger partial charge in [0.2, 0.25) is 0 Å². The number of halogens is 1. The summed E-state index contributed by atoms with van der Waals surface area (Å²) < 4.78 is 0.598. The largest absolute Gasteiger partial charge is 0.365 e. The summed E-state index contributed by atoms with van der Waals surface area (Å²) >= 11 is 1.99. The van der Waals surface area contributed by atoms with Crippen molar-refractivity contribution in [3.63, 3.8) is 0 Å². The van der Waals surface area contributed by atoms with E-state index in [1.165, 1.54) is 6.33 Å². The fourth-order valence-corrected chi connectivity index (χ4v) is 1.76. The predicted octanol–water partition coefficient (Wildman–Crippen LogP) is 0.736. The highest BCUT2D eigenvalue weighted by Crippen LogP contribution is 2.10. The molecule has 1 heterocycles. The number of aromatic amines is 1. The van der Waals surface area contributed by atoms with Gasteiger partial charge in [0, 0.05) is 12.6 Å². The van der Waals surface area contributed by atoms with Crippen LogP contribution in [0.3, 0.4) is 0 Å². The van der Waals surface area contributed by atoms with E-state index in [0.717, 1.165) is 6.54 Å². The Bertz CT molecular complexity index is 377. The van der Waals surface area contributed by atoms with Gasteiger partial charge in [-0.3, -0.25) is 4.79 Å². The zero-order valence-corrected chi connectivity index (χ0v) is 11.2. The minimum Gasteiger partial charge on any atom is -0.365 e. The van der Waals surface area contributed by atoms with Crippen LogP contribution in [0.5, 0.6) is 0 Å². The van der Waals surface area contributed by atoms with Crippen molar-refractivity contribution in [2.75, 3.05) is 26.0 Å². The van der Waals surface area contributed by atoms with Gasteiger partial charge in [0.25, 0.3) is 5.56 Å². The third kappa shape index (κ3) is 3.78. The van der Waals surface area contributed by atoms with E-state index < -0.39 is 0 Å². The molecule has 1 rings (SSSR count). The molecule has 0 aliphatic rings. The molecular formula is C9H15IN4O. The molecule has 0 spiro atoms. The van der Waals surface area contributed by atoms with Crippen molar-refractivity contribution in [2.24, 2.45) is 0 Å². The van der Waals surface area contributed by atoms with Crippen molar-refractivity contribution < 1.29 is 0 Å². The van der Waals surface area contributed by atoms with Crippen molar-refractivity contribution in [3.8, 4) is 0 Å².